The summed E-state index contributed by atoms with van der Waals surface area (Å²) in [7, 11) is 0. The lowest BCUT2D eigenvalue weighted by molar-refractivity contribution is 0.0923. The van der Waals surface area contributed by atoms with Gasteiger partial charge in [0.05, 0.1) is 17.7 Å². The highest BCUT2D eigenvalue weighted by molar-refractivity contribution is 5.95. The molecule has 0 aromatic heterocycles. The van der Waals surface area contributed by atoms with Crippen LogP contribution in [0.2, 0.25) is 0 Å². The number of carbonyl (C=O) groups is 1. The fourth-order valence-corrected chi connectivity index (χ4v) is 1.21. The van der Waals surface area contributed by atoms with Gasteiger partial charge in [-0.05, 0) is 37.6 Å². The highest BCUT2D eigenvalue weighted by Gasteiger charge is 2.23. The number of hydrogen-bond donors (Lipinski definition) is 1. The Hall–Kier alpha value is -2.33. The third-order valence-corrected chi connectivity index (χ3v) is 2.62. The average Bonchev–Trinajstić information content (AvgIpc) is 2.38. The maximum Gasteiger partial charge on any atom is 0.252 e. The molecule has 0 saturated carbocycles. The highest BCUT2D eigenvalue weighted by atomic mass is 16.1. The maximum atomic E-state index is 11.8. The first-order valence-corrected chi connectivity index (χ1v) is 5.28. The molecule has 0 bridgehead atoms. The van der Waals surface area contributed by atoms with E-state index in [0.717, 1.165) is 0 Å². The van der Waals surface area contributed by atoms with E-state index >= 15 is 0 Å². The Morgan fingerprint density at radius 2 is 1.94 bits per heavy atom. The lowest BCUT2D eigenvalue weighted by Gasteiger charge is -2.21. The van der Waals surface area contributed by atoms with Crippen LogP contribution in [-0.2, 0) is 0 Å². The van der Waals surface area contributed by atoms with Crippen LogP contribution in [0.5, 0.6) is 0 Å². The summed E-state index contributed by atoms with van der Waals surface area (Å²) in [6, 6.07) is 10.3. The van der Waals surface area contributed by atoms with Crippen LogP contribution in [0, 0.1) is 22.7 Å². The molecule has 0 aliphatic heterocycles. The van der Waals surface area contributed by atoms with E-state index in [1.54, 1.807) is 31.2 Å². The number of nitriles is 2. The number of rotatable bonds is 3. The summed E-state index contributed by atoms with van der Waals surface area (Å²) in [5.41, 5.74) is 0.0874. The van der Waals surface area contributed by atoms with Crippen LogP contribution < -0.4 is 5.32 Å². The molecule has 0 unspecified atom stereocenters. The highest BCUT2D eigenvalue weighted by Crippen LogP contribution is 2.10. The molecular weight excluding hydrogens is 214 g/mol. The maximum absolute atomic E-state index is 11.8. The van der Waals surface area contributed by atoms with Gasteiger partial charge in [0.2, 0.25) is 0 Å². The predicted octanol–water partition coefficient (Wildman–Crippen LogP) is 1.98. The van der Waals surface area contributed by atoms with Crippen LogP contribution >= 0.6 is 0 Å². The smallest absolute Gasteiger partial charge is 0.252 e. The zero-order chi connectivity index (χ0) is 12.9. The van der Waals surface area contributed by atoms with Crippen LogP contribution in [0.3, 0.4) is 0 Å². The van der Waals surface area contributed by atoms with Crippen molar-refractivity contribution in [1.82, 2.24) is 5.32 Å². The Morgan fingerprint density at radius 1 is 1.35 bits per heavy atom. The molecular formula is C13H13N3O. The molecule has 1 aromatic carbocycles. The van der Waals surface area contributed by atoms with E-state index in [1.165, 1.54) is 0 Å². The molecule has 1 rings (SSSR count). The van der Waals surface area contributed by atoms with Gasteiger partial charge in [0.15, 0.2) is 0 Å². The molecule has 4 heteroatoms. The molecule has 0 saturated heterocycles. The normalized spacial score (nSPS) is 12.9. The van der Waals surface area contributed by atoms with Crippen molar-refractivity contribution in [2.24, 2.45) is 0 Å². The molecule has 0 aliphatic rings. The van der Waals surface area contributed by atoms with Gasteiger partial charge in [-0.3, -0.25) is 4.79 Å². The third kappa shape index (κ3) is 3.06. The van der Waals surface area contributed by atoms with E-state index in [4.69, 9.17) is 10.5 Å². The van der Waals surface area contributed by atoms with Gasteiger partial charge in [0.1, 0.15) is 5.54 Å². The second-order valence-corrected chi connectivity index (χ2v) is 3.94. The van der Waals surface area contributed by atoms with E-state index in [0.29, 0.717) is 17.5 Å². The lowest BCUT2D eigenvalue weighted by atomic mass is 10.0. The number of nitrogens with one attached hydrogen (secondary N) is 1. The van der Waals surface area contributed by atoms with Gasteiger partial charge in [-0.2, -0.15) is 10.5 Å². The predicted molar refractivity (Wildman–Crippen MR) is 62.9 cm³/mol. The Labute approximate surface area is 100 Å². The van der Waals surface area contributed by atoms with Gasteiger partial charge in [-0.1, -0.05) is 6.92 Å². The summed E-state index contributed by atoms with van der Waals surface area (Å²) in [6.45, 7) is 3.51. The minimum absolute atomic E-state index is 0.305. The summed E-state index contributed by atoms with van der Waals surface area (Å²) in [5.74, 6) is -0.305. The van der Waals surface area contributed by atoms with Crippen molar-refractivity contribution in [1.29, 1.82) is 10.5 Å². The minimum atomic E-state index is -0.856. The molecule has 1 aromatic rings. The first-order valence-electron chi connectivity index (χ1n) is 5.28. The van der Waals surface area contributed by atoms with Gasteiger partial charge in [0.25, 0.3) is 5.91 Å². The monoisotopic (exact) mass is 227 g/mol. The van der Waals surface area contributed by atoms with E-state index in [-0.39, 0.29) is 5.91 Å². The standard InChI is InChI=1S/C13H13N3O/c1-3-13(2,9-15)16-12(17)11-6-4-10(8-14)5-7-11/h4-7H,3H2,1-2H3,(H,16,17)/t13-/m1/s1. The summed E-state index contributed by atoms with van der Waals surface area (Å²) < 4.78 is 0. The molecule has 1 amide bonds. The zero-order valence-corrected chi connectivity index (χ0v) is 9.82. The van der Waals surface area contributed by atoms with E-state index in [1.807, 2.05) is 13.0 Å². The van der Waals surface area contributed by atoms with E-state index in [9.17, 15) is 4.79 Å². The number of carbonyl (C=O) groups excluding carboxylic acids is 1. The van der Waals surface area contributed by atoms with Crippen LogP contribution in [0.15, 0.2) is 24.3 Å². The largest absolute Gasteiger partial charge is 0.334 e. The van der Waals surface area contributed by atoms with Gasteiger partial charge in [-0.25, -0.2) is 0 Å². The molecule has 0 radical (unpaired) electrons. The number of hydrogen-bond acceptors (Lipinski definition) is 3. The fraction of sp³-hybridized carbons (Fsp3) is 0.308. The van der Waals surface area contributed by atoms with Crippen molar-refractivity contribution in [3.8, 4) is 12.1 Å². The molecule has 0 heterocycles. The second-order valence-electron chi connectivity index (χ2n) is 3.94. The van der Waals surface area contributed by atoms with E-state index in [2.05, 4.69) is 11.4 Å². The summed E-state index contributed by atoms with van der Waals surface area (Å²) in [6.07, 6.45) is 0.533. The molecule has 1 atom stereocenters. The van der Waals surface area contributed by atoms with Crippen molar-refractivity contribution in [3.63, 3.8) is 0 Å². The van der Waals surface area contributed by atoms with Crippen LogP contribution in [0.1, 0.15) is 36.2 Å². The van der Waals surface area contributed by atoms with Crippen molar-refractivity contribution < 1.29 is 4.79 Å². The summed E-state index contributed by atoms with van der Waals surface area (Å²) >= 11 is 0. The molecule has 0 aliphatic carbocycles. The van der Waals surface area contributed by atoms with Crippen molar-refractivity contribution in [2.75, 3.05) is 0 Å². The topological polar surface area (TPSA) is 76.7 Å². The third-order valence-electron chi connectivity index (χ3n) is 2.62. The number of nitrogens with zero attached hydrogens (tertiary/aromatic N) is 2. The van der Waals surface area contributed by atoms with Crippen LogP contribution in [0.25, 0.3) is 0 Å². The quantitative estimate of drug-likeness (QED) is 0.857. The zero-order valence-electron chi connectivity index (χ0n) is 9.82. The molecule has 86 valence electrons. The van der Waals surface area contributed by atoms with Gasteiger partial charge in [-0.15, -0.1) is 0 Å². The Kier molecular flexibility index (Phi) is 3.85. The van der Waals surface area contributed by atoms with Gasteiger partial charge in [0, 0.05) is 5.56 Å². The molecule has 4 nitrogen and oxygen atoms in total. The van der Waals surface area contributed by atoms with E-state index < -0.39 is 5.54 Å². The molecule has 0 spiro atoms. The molecule has 0 fully saturated rings. The van der Waals surface area contributed by atoms with Gasteiger partial charge >= 0.3 is 0 Å². The Balaban J connectivity index is 2.85. The molecule has 1 N–H and O–H groups in total. The Morgan fingerprint density at radius 3 is 2.35 bits per heavy atom. The van der Waals surface area contributed by atoms with Gasteiger partial charge < -0.3 is 5.32 Å². The molecule has 17 heavy (non-hydrogen) atoms. The first kappa shape index (κ1) is 12.7. The minimum Gasteiger partial charge on any atom is -0.334 e. The van der Waals surface area contributed by atoms with Crippen LogP contribution in [-0.4, -0.2) is 11.4 Å². The second kappa shape index (κ2) is 5.14. The SMILES string of the molecule is CC[C@](C)(C#N)NC(=O)c1ccc(C#N)cc1. The summed E-state index contributed by atoms with van der Waals surface area (Å²) in [4.78, 5) is 11.8. The van der Waals surface area contributed by atoms with Crippen molar-refractivity contribution in [3.05, 3.63) is 35.4 Å². The van der Waals surface area contributed by atoms with Crippen molar-refractivity contribution in [2.45, 2.75) is 25.8 Å². The van der Waals surface area contributed by atoms with Crippen molar-refractivity contribution >= 4 is 5.91 Å². The fourth-order valence-electron chi connectivity index (χ4n) is 1.21. The summed E-state index contributed by atoms with van der Waals surface area (Å²) in [5, 5.41) is 20.3. The average molecular weight is 227 g/mol. The lowest BCUT2D eigenvalue weighted by Crippen LogP contribution is -2.44. The first-order chi connectivity index (χ1) is 8.04. The number of benzene rings is 1. The number of amides is 1. The Bertz CT molecular complexity index is 493. The van der Waals surface area contributed by atoms with Crippen LogP contribution in [0.4, 0.5) is 0 Å².